The molecule has 0 fully saturated rings. The first-order valence-corrected chi connectivity index (χ1v) is 4.24. The van der Waals surface area contributed by atoms with Crippen LogP contribution in [0.1, 0.15) is 26.2 Å². The minimum atomic E-state index is -1.55. The predicted molar refractivity (Wildman–Crippen MR) is 46.1 cm³/mol. The molecule has 0 aromatic heterocycles. The molecule has 1 unspecified atom stereocenters. The molecule has 0 aromatic carbocycles. The Hall–Kier alpha value is -1.10. The van der Waals surface area contributed by atoms with Crippen molar-refractivity contribution in [2.75, 3.05) is 6.61 Å². The summed E-state index contributed by atoms with van der Waals surface area (Å²) in [4.78, 5) is 21.0. The van der Waals surface area contributed by atoms with Crippen LogP contribution in [-0.4, -0.2) is 29.7 Å². The van der Waals surface area contributed by atoms with Gasteiger partial charge in [-0.25, -0.2) is 9.59 Å². The van der Waals surface area contributed by atoms with Crippen LogP contribution in [0, 0.1) is 0 Å². The van der Waals surface area contributed by atoms with E-state index in [2.05, 4.69) is 4.74 Å². The van der Waals surface area contributed by atoms with Crippen LogP contribution in [0.15, 0.2) is 0 Å². The van der Waals surface area contributed by atoms with E-state index in [1.165, 1.54) is 0 Å². The van der Waals surface area contributed by atoms with Gasteiger partial charge in [0.2, 0.25) is 6.04 Å². The van der Waals surface area contributed by atoms with Gasteiger partial charge in [-0.15, -0.1) is 0 Å². The Kier molecular flexibility index (Phi) is 5.88. The number of carbonyl (C=O) groups excluding carboxylic acids is 1. The molecule has 76 valence electrons. The molecule has 0 aliphatic carbocycles. The van der Waals surface area contributed by atoms with Crippen LogP contribution in [0.2, 0.25) is 0 Å². The molecule has 0 saturated heterocycles. The number of carbonyl (C=O) groups is 2. The van der Waals surface area contributed by atoms with Crippen LogP contribution >= 0.6 is 0 Å². The average Bonchev–Trinajstić information content (AvgIpc) is 2.10. The number of carboxylic acids is 1. The van der Waals surface area contributed by atoms with Crippen molar-refractivity contribution in [2.45, 2.75) is 32.2 Å². The highest BCUT2D eigenvalue weighted by Crippen LogP contribution is 1.95. The lowest BCUT2D eigenvalue weighted by Crippen LogP contribution is -2.39. The van der Waals surface area contributed by atoms with Gasteiger partial charge in [-0.1, -0.05) is 19.8 Å². The Morgan fingerprint density at radius 1 is 1.46 bits per heavy atom. The second kappa shape index (κ2) is 6.42. The smallest absolute Gasteiger partial charge is 0.334 e. The van der Waals surface area contributed by atoms with E-state index in [0.717, 1.165) is 19.3 Å². The predicted octanol–water partition coefficient (Wildman–Crippen LogP) is 0.132. The number of ether oxygens (including phenoxy) is 1. The normalized spacial score (nSPS) is 12.2. The highest BCUT2D eigenvalue weighted by molar-refractivity contribution is 5.97. The van der Waals surface area contributed by atoms with Crippen LogP contribution in [0.3, 0.4) is 0 Å². The fourth-order valence-electron chi connectivity index (χ4n) is 0.715. The summed E-state index contributed by atoms with van der Waals surface area (Å²) in [6.07, 6.45) is 2.71. The summed E-state index contributed by atoms with van der Waals surface area (Å²) in [5, 5.41) is 8.33. The molecule has 1 atom stereocenters. The number of rotatable bonds is 6. The fraction of sp³-hybridized carbons (Fsp3) is 0.750. The van der Waals surface area contributed by atoms with Crippen molar-refractivity contribution >= 4 is 11.9 Å². The van der Waals surface area contributed by atoms with Crippen LogP contribution in [-0.2, 0) is 14.3 Å². The maximum absolute atomic E-state index is 10.8. The van der Waals surface area contributed by atoms with Crippen molar-refractivity contribution in [3.05, 3.63) is 0 Å². The maximum atomic E-state index is 10.8. The van der Waals surface area contributed by atoms with Crippen LogP contribution in [0.25, 0.3) is 0 Å². The molecule has 0 heterocycles. The van der Waals surface area contributed by atoms with E-state index in [9.17, 15) is 9.59 Å². The zero-order valence-corrected chi connectivity index (χ0v) is 7.66. The summed E-state index contributed by atoms with van der Waals surface area (Å²) in [7, 11) is 0. The van der Waals surface area contributed by atoms with Crippen LogP contribution < -0.4 is 5.73 Å². The number of aliphatic carboxylic acids is 1. The lowest BCUT2D eigenvalue weighted by Gasteiger charge is -2.06. The third-order valence-electron chi connectivity index (χ3n) is 1.51. The summed E-state index contributed by atoms with van der Waals surface area (Å²) in [6, 6.07) is -1.55. The van der Waals surface area contributed by atoms with Gasteiger partial charge >= 0.3 is 11.9 Å². The molecule has 0 radical (unpaired) electrons. The molecule has 0 rings (SSSR count). The first-order valence-electron chi connectivity index (χ1n) is 4.24. The number of unbranched alkanes of at least 4 members (excludes halogenated alkanes) is 2. The summed E-state index contributed by atoms with van der Waals surface area (Å²) < 4.78 is 4.62. The molecule has 0 spiro atoms. The molecule has 0 aromatic rings. The van der Waals surface area contributed by atoms with Crippen molar-refractivity contribution in [2.24, 2.45) is 5.73 Å². The van der Waals surface area contributed by atoms with E-state index < -0.39 is 18.0 Å². The summed E-state index contributed by atoms with van der Waals surface area (Å²) in [5.74, 6) is -2.23. The van der Waals surface area contributed by atoms with Gasteiger partial charge in [-0.05, 0) is 6.42 Å². The van der Waals surface area contributed by atoms with Gasteiger partial charge in [-0.2, -0.15) is 0 Å². The lowest BCUT2D eigenvalue weighted by atomic mass is 10.3. The molecule has 13 heavy (non-hydrogen) atoms. The van der Waals surface area contributed by atoms with Crippen LogP contribution in [0.5, 0.6) is 0 Å². The zero-order valence-electron chi connectivity index (χ0n) is 7.66. The minimum Gasteiger partial charge on any atom is -0.480 e. The molecule has 5 heteroatoms. The molecule has 0 amide bonds. The Morgan fingerprint density at radius 2 is 2.08 bits per heavy atom. The minimum absolute atomic E-state index is 0.244. The Labute approximate surface area is 76.9 Å². The first kappa shape index (κ1) is 11.9. The number of esters is 1. The topological polar surface area (TPSA) is 89.6 Å². The Bertz CT molecular complexity index is 181. The Morgan fingerprint density at radius 3 is 2.54 bits per heavy atom. The van der Waals surface area contributed by atoms with Gasteiger partial charge < -0.3 is 15.6 Å². The van der Waals surface area contributed by atoms with Crippen molar-refractivity contribution in [1.82, 2.24) is 0 Å². The van der Waals surface area contributed by atoms with Crippen molar-refractivity contribution in [3.63, 3.8) is 0 Å². The third-order valence-corrected chi connectivity index (χ3v) is 1.51. The monoisotopic (exact) mass is 189 g/mol. The van der Waals surface area contributed by atoms with Crippen LogP contribution in [0.4, 0.5) is 0 Å². The van der Waals surface area contributed by atoms with E-state index in [4.69, 9.17) is 10.8 Å². The zero-order chi connectivity index (χ0) is 10.3. The van der Waals surface area contributed by atoms with Crippen molar-refractivity contribution in [3.8, 4) is 0 Å². The third kappa shape index (κ3) is 5.19. The van der Waals surface area contributed by atoms with E-state index in [1.807, 2.05) is 6.92 Å². The van der Waals surface area contributed by atoms with Gasteiger partial charge in [0.15, 0.2) is 0 Å². The highest BCUT2D eigenvalue weighted by Gasteiger charge is 2.22. The number of hydrogen-bond acceptors (Lipinski definition) is 4. The first-order chi connectivity index (χ1) is 6.09. The number of carboxylic acid groups (broad SMARTS) is 1. The number of hydrogen-bond donors (Lipinski definition) is 2. The van der Waals surface area contributed by atoms with Crippen molar-refractivity contribution < 1.29 is 19.4 Å². The van der Waals surface area contributed by atoms with Crippen molar-refractivity contribution in [1.29, 1.82) is 0 Å². The standard InChI is InChI=1S/C8H15NO4/c1-2-3-4-5-13-8(12)6(9)7(10)11/h6H,2-5,9H2,1H3,(H,10,11). The summed E-state index contributed by atoms with van der Waals surface area (Å²) in [5.41, 5.74) is 5.00. The van der Waals surface area contributed by atoms with Gasteiger partial charge in [0, 0.05) is 0 Å². The highest BCUT2D eigenvalue weighted by atomic mass is 16.5. The Balaban J connectivity index is 3.56. The SMILES string of the molecule is CCCCCOC(=O)C(N)C(=O)O. The molecule has 0 aliphatic heterocycles. The second-order valence-electron chi connectivity index (χ2n) is 2.69. The maximum Gasteiger partial charge on any atom is 0.334 e. The molecule has 3 N–H and O–H groups in total. The molecular weight excluding hydrogens is 174 g/mol. The molecule has 0 aliphatic rings. The fourth-order valence-corrected chi connectivity index (χ4v) is 0.715. The lowest BCUT2D eigenvalue weighted by molar-refractivity contribution is -0.153. The molecule has 0 saturated carbocycles. The molecular formula is C8H15NO4. The second-order valence-corrected chi connectivity index (χ2v) is 2.69. The van der Waals surface area contributed by atoms with E-state index in [-0.39, 0.29) is 6.61 Å². The average molecular weight is 189 g/mol. The molecule has 5 nitrogen and oxygen atoms in total. The van der Waals surface area contributed by atoms with E-state index >= 15 is 0 Å². The molecule has 0 bridgehead atoms. The van der Waals surface area contributed by atoms with Gasteiger partial charge in [-0.3, -0.25) is 0 Å². The van der Waals surface area contributed by atoms with E-state index in [0.29, 0.717) is 0 Å². The summed E-state index contributed by atoms with van der Waals surface area (Å²) in [6.45, 7) is 2.26. The quantitative estimate of drug-likeness (QED) is 0.352. The number of nitrogens with two attached hydrogens (primary N) is 1. The summed E-state index contributed by atoms with van der Waals surface area (Å²) >= 11 is 0. The van der Waals surface area contributed by atoms with Gasteiger partial charge in [0.25, 0.3) is 0 Å². The van der Waals surface area contributed by atoms with Gasteiger partial charge in [0.05, 0.1) is 6.61 Å². The van der Waals surface area contributed by atoms with Gasteiger partial charge in [0.1, 0.15) is 0 Å². The van der Waals surface area contributed by atoms with E-state index in [1.54, 1.807) is 0 Å². The largest absolute Gasteiger partial charge is 0.480 e.